The first-order valence-electron chi connectivity index (χ1n) is 3.45. The Morgan fingerprint density at radius 1 is 1.36 bits per heavy atom. The predicted octanol–water partition coefficient (Wildman–Crippen LogP) is 1.86. The average molecular weight is 171 g/mol. The molecule has 0 spiro atoms. The second-order valence-electron chi connectivity index (χ2n) is 2.44. The van der Waals surface area contributed by atoms with Crippen LogP contribution < -0.4 is 11.3 Å². The molecule has 0 amide bonds. The number of hydrazine groups is 1. The van der Waals surface area contributed by atoms with Gasteiger partial charge in [-0.25, -0.2) is 0 Å². The maximum Gasteiger partial charge on any atom is 0.0431 e. The summed E-state index contributed by atoms with van der Waals surface area (Å²) in [5, 5.41) is 0.748. The van der Waals surface area contributed by atoms with E-state index in [-0.39, 0.29) is 6.04 Å². The number of rotatable bonds is 2. The summed E-state index contributed by atoms with van der Waals surface area (Å²) < 4.78 is 0. The zero-order valence-corrected chi connectivity index (χ0v) is 7.10. The van der Waals surface area contributed by atoms with Crippen LogP contribution in [0.3, 0.4) is 0 Å². The highest BCUT2D eigenvalue weighted by Gasteiger charge is 2.00. The standard InChI is InChI=1S/C8H11ClN2/c1-6(11-10)7-2-4-8(9)5-3-7/h2-6,11H,10H2,1H3/t6-/m1/s1. The fourth-order valence-electron chi connectivity index (χ4n) is 0.848. The van der Waals surface area contributed by atoms with Gasteiger partial charge in [0.25, 0.3) is 0 Å². The molecule has 1 aromatic rings. The highest BCUT2D eigenvalue weighted by molar-refractivity contribution is 6.30. The molecule has 0 aliphatic heterocycles. The lowest BCUT2D eigenvalue weighted by Gasteiger charge is -2.09. The molecule has 11 heavy (non-hydrogen) atoms. The third-order valence-corrected chi connectivity index (χ3v) is 1.87. The molecule has 0 aromatic heterocycles. The summed E-state index contributed by atoms with van der Waals surface area (Å²) >= 11 is 5.71. The van der Waals surface area contributed by atoms with Crippen LogP contribution in [-0.2, 0) is 0 Å². The van der Waals surface area contributed by atoms with Gasteiger partial charge in [-0.05, 0) is 24.6 Å². The van der Waals surface area contributed by atoms with Crippen LogP contribution in [0.1, 0.15) is 18.5 Å². The highest BCUT2D eigenvalue weighted by Crippen LogP contribution is 2.14. The number of benzene rings is 1. The second-order valence-corrected chi connectivity index (χ2v) is 2.88. The number of nitrogens with two attached hydrogens (primary N) is 1. The zero-order chi connectivity index (χ0) is 8.27. The lowest BCUT2D eigenvalue weighted by molar-refractivity contribution is 0.602. The fourth-order valence-corrected chi connectivity index (χ4v) is 0.974. The summed E-state index contributed by atoms with van der Waals surface area (Å²) in [5.41, 5.74) is 3.79. The van der Waals surface area contributed by atoms with Crippen LogP contribution in [0.4, 0.5) is 0 Å². The Morgan fingerprint density at radius 3 is 2.36 bits per heavy atom. The molecule has 1 aromatic carbocycles. The monoisotopic (exact) mass is 170 g/mol. The molecule has 0 aliphatic carbocycles. The van der Waals surface area contributed by atoms with Crippen molar-refractivity contribution in [1.82, 2.24) is 5.43 Å². The summed E-state index contributed by atoms with van der Waals surface area (Å²) in [7, 11) is 0. The van der Waals surface area contributed by atoms with E-state index in [9.17, 15) is 0 Å². The molecule has 60 valence electrons. The Labute approximate surface area is 71.3 Å². The molecule has 1 rings (SSSR count). The van der Waals surface area contributed by atoms with Crippen molar-refractivity contribution in [2.75, 3.05) is 0 Å². The minimum atomic E-state index is 0.173. The molecular weight excluding hydrogens is 160 g/mol. The van der Waals surface area contributed by atoms with Crippen LogP contribution in [-0.4, -0.2) is 0 Å². The van der Waals surface area contributed by atoms with Crippen LogP contribution in [0.5, 0.6) is 0 Å². The predicted molar refractivity (Wildman–Crippen MR) is 47.2 cm³/mol. The van der Waals surface area contributed by atoms with Crippen LogP contribution in [0.25, 0.3) is 0 Å². The first-order valence-corrected chi connectivity index (χ1v) is 3.83. The zero-order valence-electron chi connectivity index (χ0n) is 6.34. The molecule has 0 saturated carbocycles. The van der Waals surface area contributed by atoms with E-state index in [0.717, 1.165) is 10.6 Å². The third-order valence-electron chi connectivity index (χ3n) is 1.62. The normalized spacial score (nSPS) is 13.0. The van der Waals surface area contributed by atoms with Crippen LogP contribution in [0, 0.1) is 0 Å². The number of hydrogen-bond donors (Lipinski definition) is 2. The summed E-state index contributed by atoms with van der Waals surface area (Å²) in [5.74, 6) is 5.26. The van der Waals surface area contributed by atoms with Gasteiger partial charge >= 0.3 is 0 Å². The van der Waals surface area contributed by atoms with Gasteiger partial charge in [0.05, 0.1) is 0 Å². The van der Waals surface area contributed by atoms with Crippen molar-refractivity contribution in [2.45, 2.75) is 13.0 Å². The van der Waals surface area contributed by atoms with Crippen molar-refractivity contribution < 1.29 is 0 Å². The van der Waals surface area contributed by atoms with Gasteiger partial charge in [0.15, 0.2) is 0 Å². The summed E-state index contributed by atoms with van der Waals surface area (Å²) in [6.45, 7) is 1.99. The molecule has 0 saturated heterocycles. The number of nitrogens with one attached hydrogen (secondary N) is 1. The molecule has 3 N–H and O–H groups in total. The molecule has 0 unspecified atom stereocenters. The first kappa shape index (κ1) is 8.53. The SMILES string of the molecule is C[C@@H](NN)c1ccc(Cl)cc1. The van der Waals surface area contributed by atoms with E-state index in [0.29, 0.717) is 0 Å². The van der Waals surface area contributed by atoms with E-state index in [1.165, 1.54) is 0 Å². The minimum Gasteiger partial charge on any atom is -0.271 e. The van der Waals surface area contributed by atoms with Crippen molar-refractivity contribution in [2.24, 2.45) is 5.84 Å². The lowest BCUT2D eigenvalue weighted by Crippen LogP contribution is -2.25. The van der Waals surface area contributed by atoms with Gasteiger partial charge in [-0.15, -0.1) is 0 Å². The van der Waals surface area contributed by atoms with Crippen molar-refractivity contribution >= 4 is 11.6 Å². The van der Waals surface area contributed by atoms with Crippen LogP contribution in [0.15, 0.2) is 24.3 Å². The van der Waals surface area contributed by atoms with Gasteiger partial charge in [0.2, 0.25) is 0 Å². The minimum absolute atomic E-state index is 0.173. The Morgan fingerprint density at radius 2 is 1.91 bits per heavy atom. The van der Waals surface area contributed by atoms with E-state index >= 15 is 0 Å². The van der Waals surface area contributed by atoms with Gasteiger partial charge in [-0.2, -0.15) is 0 Å². The summed E-state index contributed by atoms with van der Waals surface area (Å²) in [6.07, 6.45) is 0. The van der Waals surface area contributed by atoms with Crippen LogP contribution in [0.2, 0.25) is 5.02 Å². The Hall–Kier alpha value is -0.570. The second kappa shape index (κ2) is 3.72. The Bertz CT molecular complexity index is 220. The highest BCUT2D eigenvalue weighted by atomic mass is 35.5. The molecular formula is C8H11ClN2. The summed E-state index contributed by atoms with van der Waals surface area (Å²) in [6, 6.07) is 7.78. The van der Waals surface area contributed by atoms with Crippen molar-refractivity contribution in [3.05, 3.63) is 34.9 Å². The third kappa shape index (κ3) is 2.19. The van der Waals surface area contributed by atoms with E-state index in [1.54, 1.807) is 0 Å². The maximum atomic E-state index is 5.71. The topological polar surface area (TPSA) is 38.0 Å². The Kier molecular flexibility index (Phi) is 2.88. The van der Waals surface area contributed by atoms with Gasteiger partial charge in [-0.1, -0.05) is 23.7 Å². The molecule has 0 radical (unpaired) electrons. The molecule has 2 nitrogen and oxygen atoms in total. The molecule has 0 heterocycles. The molecule has 0 bridgehead atoms. The molecule has 1 atom stereocenters. The largest absolute Gasteiger partial charge is 0.271 e. The van der Waals surface area contributed by atoms with Gasteiger partial charge in [-0.3, -0.25) is 11.3 Å². The first-order chi connectivity index (χ1) is 5.24. The molecule has 0 fully saturated rings. The van der Waals surface area contributed by atoms with E-state index in [4.69, 9.17) is 17.4 Å². The quantitative estimate of drug-likeness (QED) is 0.525. The van der Waals surface area contributed by atoms with E-state index in [2.05, 4.69) is 5.43 Å². The van der Waals surface area contributed by atoms with Gasteiger partial charge in [0, 0.05) is 11.1 Å². The number of halogens is 1. The molecule has 3 heteroatoms. The van der Waals surface area contributed by atoms with E-state index in [1.807, 2.05) is 31.2 Å². The van der Waals surface area contributed by atoms with Gasteiger partial charge < -0.3 is 0 Å². The smallest absolute Gasteiger partial charge is 0.0431 e. The fraction of sp³-hybridized carbons (Fsp3) is 0.250. The van der Waals surface area contributed by atoms with E-state index < -0.39 is 0 Å². The van der Waals surface area contributed by atoms with Crippen molar-refractivity contribution in [3.8, 4) is 0 Å². The number of hydrogen-bond acceptors (Lipinski definition) is 2. The maximum absolute atomic E-state index is 5.71. The van der Waals surface area contributed by atoms with Gasteiger partial charge in [0.1, 0.15) is 0 Å². The average Bonchev–Trinajstić information content (AvgIpc) is 2.05. The Balaban J connectivity index is 2.81. The van der Waals surface area contributed by atoms with Crippen molar-refractivity contribution in [1.29, 1.82) is 0 Å². The lowest BCUT2D eigenvalue weighted by atomic mass is 10.1. The van der Waals surface area contributed by atoms with Crippen LogP contribution >= 0.6 is 11.6 Å². The summed E-state index contributed by atoms with van der Waals surface area (Å²) in [4.78, 5) is 0. The molecule has 0 aliphatic rings. The van der Waals surface area contributed by atoms with Crippen molar-refractivity contribution in [3.63, 3.8) is 0 Å².